The van der Waals surface area contributed by atoms with Gasteiger partial charge < -0.3 is 16.4 Å². The van der Waals surface area contributed by atoms with E-state index in [1.54, 1.807) is 0 Å². The van der Waals surface area contributed by atoms with Crippen molar-refractivity contribution in [3.05, 3.63) is 0 Å². The highest BCUT2D eigenvalue weighted by atomic mass is 16.1. The van der Waals surface area contributed by atoms with Crippen molar-refractivity contribution in [3.8, 4) is 0 Å². The van der Waals surface area contributed by atoms with Gasteiger partial charge in [0.15, 0.2) is 0 Å². The van der Waals surface area contributed by atoms with Gasteiger partial charge >= 0.3 is 0 Å². The summed E-state index contributed by atoms with van der Waals surface area (Å²) >= 11 is 0. The maximum atomic E-state index is 10.2. The number of carbonyl (C=O) groups is 1. The van der Waals surface area contributed by atoms with Crippen LogP contribution in [0.3, 0.4) is 0 Å². The van der Waals surface area contributed by atoms with Crippen LogP contribution in [0.1, 0.15) is 6.92 Å². The third-order valence-electron chi connectivity index (χ3n) is 1.03. The SMILES string of the molecule is CCNCCNCC(N)=O. The minimum Gasteiger partial charge on any atom is -0.369 e. The van der Waals surface area contributed by atoms with Crippen molar-refractivity contribution < 1.29 is 4.79 Å². The molecule has 1 amide bonds. The molecule has 0 saturated heterocycles. The molecule has 0 aromatic rings. The van der Waals surface area contributed by atoms with Crippen molar-refractivity contribution in [3.63, 3.8) is 0 Å². The first kappa shape index (κ1) is 9.39. The Balaban J connectivity index is 2.84. The molecule has 4 N–H and O–H groups in total. The lowest BCUT2D eigenvalue weighted by molar-refractivity contribution is -0.117. The van der Waals surface area contributed by atoms with Crippen LogP contribution in [0.5, 0.6) is 0 Å². The topological polar surface area (TPSA) is 67.2 Å². The molecule has 0 aromatic heterocycles. The second-order valence-corrected chi connectivity index (χ2v) is 2.00. The van der Waals surface area contributed by atoms with Crippen LogP contribution in [0.15, 0.2) is 0 Å². The number of primary amides is 1. The molecule has 0 fully saturated rings. The summed E-state index contributed by atoms with van der Waals surface area (Å²) in [4.78, 5) is 10.2. The Hall–Kier alpha value is -0.610. The van der Waals surface area contributed by atoms with E-state index in [4.69, 9.17) is 5.73 Å². The van der Waals surface area contributed by atoms with Gasteiger partial charge in [-0.15, -0.1) is 0 Å². The summed E-state index contributed by atoms with van der Waals surface area (Å²) in [6.45, 7) is 4.93. The minimum atomic E-state index is -0.309. The Kier molecular flexibility index (Phi) is 6.11. The number of amides is 1. The van der Waals surface area contributed by atoms with Crippen molar-refractivity contribution in [2.45, 2.75) is 6.92 Å². The summed E-state index contributed by atoms with van der Waals surface area (Å²) in [7, 11) is 0. The second-order valence-electron chi connectivity index (χ2n) is 2.00. The molecule has 10 heavy (non-hydrogen) atoms. The Labute approximate surface area is 61.2 Å². The lowest BCUT2D eigenvalue weighted by atomic mass is 10.5. The highest BCUT2D eigenvalue weighted by Gasteiger charge is 1.90. The Morgan fingerprint density at radius 2 is 2.00 bits per heavy atom. The lowest BCUT2D eigenvalue weighted by Crippen LogP contribution is -2.33. The molecule has 0 atom stereocenters. The fourth-order valence-electron chi connectivity index (χ4n) is 0.565. The van der Waals surface area contributed by atoms with Gasteiger partial charge in [0, 0.05) is 13.1 Å². The van der Waals surface area contributed by atoms with Gasteiger partial charge in [-0.2, -0.15) is 0 Å². The second kappa shape index (κ2) is 6.51. The molecule has 0 bridgehead atoms. The lowest BCUT2D eigenvalue weighted by Gasteiger charge is -2.01. The highest BCUT2D eigenvalue weighted by Crippen LogP contribution is 1.58. The zero-order chi connectivity index (χ0) is 7.82. The van der Waals surface area contributed by atoms with Crippen LogP contribution in [0.4, 0.5) is 0 Å². The fourth-order valence-corrected chi connectivity index (χ4v) is 0.565. The van der Waals surface area contributed by atoms with Crippen LogP contribution in [0.2, 0.25) is 0 Å². The van der Waals surface area contributed by atoms with E-state index in [1.165, 1.54) is 0 Å². The predicted molar refractivity (Wildman–Crippen MR) is 40.6 cm³/mol. The molecular formula is C6H15N3O. The van der Waals surface area contributed by atoms with E-state index >= 15 is 0 Å². The molecule has 0 rings (SSSR count). The average Bonchev–Trinajstić information content (AvgIpc) is 1.87. The summed E-state index contributed by atoms with van der Waals surface area (Å²) in [5, 5.41) is 5.99. The van der Waals surface area contributed by atoms with Gasteiger partial charge in [0.05, 0.1) is 6.54 Å². The molecule has 0 unspecified atom stereocenters. The molecule has 60 valence electrons. The Morgan fingerprint density at radius 1 is 1.40 bits per heavy atom. The van der Waals surface area contributed by atoms with E-state index < -0.39 is 0 Å². The molecule has 0 aromatic carbocycles. The molecular weight excluding hydrogens is 130 g/mol. The summed E-state index contributed by atoms with van der Waals surface area (Å²) in [5.41, 5.74) is 4.89. The first-order chi connectivity index (χ1) is 4.77. The fraction of sp³-hybridized carbons (Fsp3) is 0.833. The molecule has 0 heterocycles. The molecule has 4 heteroatoms. The summed E-state index contributed by atoms with van der Waals surface area (Å²) < 4.78 is 0. The maximum Gasteiger partial charge on any atom is 0.231 e. The largest absolute Gasteiger partial charge is 0.369 e. The van der Waals surface area contributed by atoms with Gasteiger partial charge in [-0.1, -0.05) is 6.92 Å². The number of rotatable bonds is 6. The number of hydrogen-bond acceptors (Lipinski definition) is 3. The van der Waals surface area contributed by atoms with Gasteiger partial charge in [-0.25, -0.2) is 0 Å². The first-order valence-corrected chi connectivity index (χ1v) is 3.47. The van der Waals surface area contributed by atoms with Gasteiger partial charge in [0.25, 0.3) is 0 Å². The zero-order valence-corrected chi connectivity index (χ0v) is 6.31. The molecule has 0 aliphatic rings. The van der Waals surface area contributed by atoms with Crippen LogP contribution in [-0.4, -0.2) is 32.1 Å². The number of nitrogens with two attached hydrogens (primary N) is 1. The minimum absolute atomic E-state index is 0.269. The average molecular weight is 145 g/mol. The number of likely N-dealkylation sites (N-methyl/N-ethyl adjacent to an activating group) is 1. The summed E-state index contributed by atoms with van der Waals surface area (Å²) in [5.74, 6) is -0.309. The van der Waals surface area contributed by atoms with E-state index in [0.29, 0.717) is 0 Å². The maximum absolute atomic E-state index is 10.2. The molecule has 0 aliphatic carbocycles. The summed E-state index contributed by atoms with van der Waals surface area (Å²) in [6, 6.07) is 0. The van der Waals surface area contributed by atoms with Gasteiger partial charge in [0.2, 0.25) is 5.91 Å². The smallest absolute Gasteiger partial charge is 0.231 e. The monoisotopic (exact) mass is 145 g/mol. The van der Waals surface area contributed by atoms with E-state index in [9.17, 15) is 4.79 Å². The van der Waals surface area contributed by atoms with Crippen molar-refractivity contribution in [2.24, 2.45) is 5.73 Å². The third kappa shape index (κ3) is 7.39. The van der Waals surface area contributed by atoms with Crippen LogP contribution >= 0.6 is 0 Å². The summed E-state index contributed by atoms with van der Waals surface area (Å²) in [6.07, 6.45) is 0. The van der Waals surface area contributed by atoms with Crippen LogP contribution in [0.25, 0.3) is 0 Å². The zero-order valence-electron chi connectivity index (χ0n) is 6.31. The molecule has 4 nitrogen and oxygen atoms in total. The molecule has 0 radical (unpaired) electrons. The van der Waals surface area contributed by atoms with Crippen molar-refractivity contribution >= 4 is 5.91 Å². The van der Waals surface area contributed by atoms with E-state index in [1.807, 2.05) is 6.92 Å². The quantitative estimate of drug-likeness (QED) is 0.406. The van der Waals surface area contributed by atoms with E-state index in [0.717, 1.165) is 19.6 Å². The van der Waals surface area contributed by atoms with Gasteiger partial charge in [0.1, 0.15) is 0 Å². The highest BCUT2D eigenvalue weighted by molar-refractivity contribution is 5.75. The Bertz CT molecular complexity index is 95.0. The van der Waals surface area contributed by atoms with Gasteiger partial charge in [-0.05, 0) is 6.54 Å². The normalized spacial score (nSPS) is 9.70. The van der Waals surface area contributed by atoms with E-state index in [-0.39, 0.29) is 12.5 Å². The van der Waals surface area contributed by atoms with Crippen LogP contribution in [-0.2, 0) is 4.79 Å². The number of hydrogen-bond donors (Lipinski definition) is 3. The number of nitrogens with one attached hydrogen (secondary N) is 2. The third-order valence-corrected chi connectivity index (χ3v) is 1.03. The molecule has 0 spiro atoms. The van der Waals surface area contributed by atoms with Crippen molar-refractivity contribution in [1.29, 1.82) is 0 Å². The number of carbonyl (C=O) groups excluding carboxylic acids is 1. The molecule has 0 aliphatic heterocycles. The van der Waals surface area contributed by atoms with Crippen LogP contribution < -0.4 is 16.4 Å². The van der Waals surface area contributed by atoms with Crippen molar-refractivity contribution in [2.75, 3.05) is 26.2 Å². The first-order valence-electron chi connectivity index (χ1n) is 3.47. The standard InChI is InChI=1S/C6H15N3O/c1-2-8-3-4-9-5-6(7)10/h8-9H,2-5H2,1H3,(H2,7,10). The van der Waals surface area contributed by atoms with Crippen LogP contribution in [0, 0.1) is 0 Å². The molecule has 0 saturated carbocycles. The Morgan fingerprint density at radius 3 is 2.50 bits per heavy atom. The van der Waals surface area contributed by atoms with Gasteiger partial charge in [-0.3, -0.25) is 4.79 Å². The van der Waals surface area contributed by atoms with E-state index in [2.05, 4.69) is 10.6 Å². The van der Waals surface area contributed by atoms with Crippen molar-refractivity contribution in [1.82, 2.24) is 10.6 Å². The predicted octanol–water partition coefficient (Wildman–Crippen LogP) is -1.33.